The van der Waals surface area contributed by atoms with Crippen LogP contribution in [0.2, 0.25) is 0 Å². The average molecular weight is 516 g/mol. The van der Waals surface area contributed by atoms with Gasteiger partial charge in [-0.25, -0.2) is 4.79 Å². The molecular weight excluding hydrogens is 486 g/mol. The summed E-state index contributed by atoms with van der Waals surface area (Å²) in [5.41, 5.74) is 1.27. The molecule has 2 atom stereocenters. The van der Waals surface area contributed by atoms with Gasteiger partial charge in [0.15, 0.2) is 6.10 Å². The highest BCUT2D eigenvalue weighted by molar-refractivity contribution is 7.98. The van der Waals surface area contributed by atoms with Crippen molar-refractivity contribution in [3.05, 3.63) is 66.2 Å². The summed E-state index contributed by atoms with van der Waals surface area (Å²) in [6, 6.07) is 18.0. The fourth-order valence-corrected chi connectivity index (χ4v) is 4.20. The van der Waals surface area contributed by atoms with Crippen molar-refractivity contribution in [2.45, 2.75) is 30.4 Å². The van der Waals surface area contributed by atoms with E-state index in [1.54, 1.807) is 42.1 Å². The van der Waals surface area contributed by atoms with Gasteiger partial charge in [-0.15, -0.1) is 11.8 Å². The topological polar surface area (TPSA) is 94.1 Å². The molecule has 0 aliphatic carbocycles. The standard InChI is InChI=1S/C26H29NO6S2/c1-3-31-23(14-15-32-24(29)16-34)25(21-12-13-22(28)20-7-5-4-6-19(20)21)33-26(30)27-17-8-10-18(35-2)11-9-17/h4-13,23,25,28,34H,3,14-16H2,1-2H3,(H,27,30)/t23-,25-/m1/s1. The summed E-state index contributed by atoms with van der Waals surface area (Å²) in [5, 5.41) is 14.5. The van der Waals surface area contributed by atoms with Crippen LogP contribution in [0.15, 0.2) is 65.6 Å². The van der Waals surface area contributed by atoms with Crippen LogP contribution in [0.3, 0.4) is 0 Å². The number of carbonyl (C=O) groups is 2. The molecule has 0 saturated heterocycles. The number of benzene rings is 3. The Labute approximate surface area is 214 Å². The highest BCUT2D eigenvalue weighted by Crippen LogP contribution is 2.36. The molecule has 0 bridgehead atoms. The van der Waals surface area contributed by atoms with Crippen LogP contribution in [0.5, 0.6) is 5.75 Å². The number of esters is 1. The summed E-state index contributed by atoms with van der Waals surface area (Å²) in [6.07, 6.45) is 0.181. The summed E-state index contributed by atoms with van der Waals surface area (Å²) >= 11 is 5.53. The second-order valence-corrected chi connectivity index (χ2v) is 8.76. The maximum absolute atomic E-state index is 13.0. The van der Waals surface area contributed by atoms with Gasteiger partial charge in [0.2, 0.25) is 0 Å². The highest BCUT2D eigenvalue weighted by Gasteiger charge is 2.30. The number of hydrogen-bond donors (Lipinski definition) is 3. The van der Waals surface area contributed by atoms with Gasteiger partial charge < -0.3 is 19.3 Å². The molecule has 3 rings (SSSR count). The Morgan fingerprint density at radius 2 is 1.77 bits per heavy atom. The number of aromatic hydroxyl groups is 1. The molecule has 0 unspecified atom stereocenters. The molecule has 0 heterocycles. The van der Waals surface area contributed by atoms with Crippen molar-refractivity contribution in [1.29, 1.82) is 0 Å². The molecule has 9 heteroatoms. The van der Waals surface area contributed by atoms with E-state index in [2.05, 4.69) is 17.9 Å². The zero-order valence-electron chi connectivity index (χ0n) is 19.6. The lowest BCUT2D eigenvalue weighted by Gasteiger charge is -2.28. The third-order valence-corrected chi connectivity index (χ3v) is 6.33. The fourth-order valence-electron chi connectivity index (χ4n) is 3.70. The Morgan fingerprint density at radius 1 is 1.06 bits per heavy atom. The monoisotopic (exact) mass is 515 g/mol. The van der Waals surface area contributed by atoms with Gasteiger partial charge in [0, 0.05) is 34.6 Å². The van der Waals surface area contributed by atoms with Crippen LogP contribution in [0.1, 0.15) is 25.0 Å². The first kappa shape index (κ1) is 26.7. The normalized spacial score (nSPS) is 12.7. The lowest BCUT2D eigenvalue weighted by atomic mass is 9.95. The van der Waals surface area contributed by atoms with Crippen LogP contribution in [-0.2, 0) is 19.0 Å². The van der Waals surface area contributed by atoms with E-state index in [1.165, 1.54) is 0 Å². The van der Waals surface area contributed by atoms with E-state index >= 15 is 0 Å². The Kier molecular flexibility index (Phi) is 10.1. The molecule has 186 valence electrons. The van der Waals surface area contributed by atoms with Crippen LogP contribution in [0.25, 0.3) is 10.8 Å². The van der Waals surface area contributed by atoms with Crippen LogP contribution < -0.4 is 5.32 Å². The van der Waals surface area contributed by atoms with E-state index in [1.807, 2.05) is 43.5 Å². The lowest BCUT2D eigenvalue weighted by molar-refractivity contribution is -0.142. The Morgan fingerprint density at radius 3 is 2.43 bits per heavy atom. The van der Waals surface area contributed by atoms with E-state index in [0.29, 0.717) is 29.7 Å². The first-order valence-electron chi connectivity index (χ1n) is 11.2. The smallest absolute Gasteiger partial charge is 0.412 e. The molecule has 35 heavy (non-hydrogen) atoms. The quantitative estimate of drug-likeness (QED) is 0.168. The van der Waals surface area contributed by atoms with Crippen molar-refractivity contribution in [3.63, 3.8) is 0 Å². The second kappa shape index (κ2) is 13.3. The molecule has 0 fully saturated rings. The Bertz CT molecular complexity index is 1140. The van der Waals surface area contributed by atoms with Crippen LogP contribution >= 0.6 is 24.4 Å². The number of rotatable bonds is 11. The van der Waals surface area contributed by atoms with E-state index in [0.717, 1.165) is 10.3 Å². The van der Waals surface area contributed by atoms with Crippen molar-refractivity contribution in [1.82, 2.24) is 0 Å². The minimum Gasteiger partial charge on any atom is -0.507 e. The van der Waals surface area contributed by atoms with E-state index in [4.69, 9.17) is 14.2 Å². The number of anilines is 1. The largest absolute Gasteiger partial charge is 0.507 e. The van der Waals surface area contributed by atoms with E-state index in [9.17, 15) is 14.7 Å². The lowest BCUT2D eigenvalue weighted by Crippen LogP contribution is -2.30. The maximum atomic E-state index is 13.0. The van der Waals surface area contributed by atoms with E-state index in [-0.39, 0.29) is 18.1 Å². The summed E-state index contributed by atoms with van der Waals surface area (Å²) in [4.78, 5) is 25.6. The molecule has 3 aromatic carbocycles. The van der Waals surface area contributed by atoms with Gasteiger partial charge in [0.25, 0.3) is 0 Å². The SMILES string of the molecule is CCO[C@H](CCOC(=O)CS)[C@H](OC(=O)Nc1ccc(SC)cc1)c1ccc(O)c2ccccc12. The second-order valence-electron chi connectivity index (χ2n) is 7.56. The van der Waals surface area contributed by atoms with Crippen molar-refractivity contribution < 1.29 is 28.9 Å². The van der Waals surface area contributed by atoms with Crippen molar-refractivity contribution in [3.8, 4) is 5.75 Å². The van der Waals surface area contributed by atoms with Crippen molar-refractivity contribution >= 4 is 52.9 Å². The molecule has 0 aliphatic heterocycles. The molecule has 2 N–H and O–H groups in total. The zero-order chi connectivity index (χ0) is 25.2. The number of phenols is 1. The van der Waals surface area contributed by atoms with Gasteiger partial charge in [0.1, 0.15) is 11.9 Å². The van der Waals surface area contributed by atoms with Crippen LogP contribution in [0.4, 0.5) is 10.5 Å². The average Bonchev–Trinajstić information content (AvgIpc) is 2.88. The molecule has 0 spiro atoms. The van der Waals surface area contributed by atoms with Gasteiger partial charge in [-0.1, -0.05) is 30.3 Å². The highest BCUT2D eigenvalue weighted by atomic mass is 32.2. The molecule has 0 aromatic heterocycles. The fraction of sp³-hybridized carbons (Fsp3) is 0.308. The van der Waals surface area contributed by atoms with Crippen molar-refractivity contribution in [2.24, 2.45) is 0 Å². The predicted molar refractivity (Wildman–Crippen MR) is 142 cm³/mol. The number of amides is 1. The summed E-state index contributed by atoms with van der Waals surface area (Å²) in [7, 11) is 0. The number of hydrogen-bond acceptors (Lipinski definition) is 8. The molecule has 0 radical (unpaired) electrons. The molecule has 0 saturated carbocycles. The van der Waals surface area contributed by atoms with Crippen molar-refractivity contribution in [2.75, 3.05) is 30.5 Å². The number of nitrogens with one attached hydrogen (secondary N) is 1. The summed E-state index contributed by atoms with van der Waals surface area (Å²) in [6.45, 7) is 2.28. The number of phenolic OH excluding ortho intramolecular Hbond substituents is 1. The van der Waals surface area contributed by atoms with Gasteiger partial charge in [0.05, 0.1) is 12.4 Å². The maximum Gasteiger partial charge on any atom is 0.412 e. The number of fused-ring (bicyclic) bond motifs is 1. The molecule has 1 amide bonds. The van der Waals surface area contributed by atoms with E-state index < -0.39 is 24.3 Å². The minimum absolute atomic E-state index is 0.0282. The summed E-state index contributed by atoms with van der Waals surface area (Å²) < 4.78 is 17.1. The van der Waals surface area contributed by atoms with Gasteiger partial charge in [-0.05, 0) is 48.9 Å². The number of thioether (sulfide) groups is 1. The third-order valence-electron chi connectivity index (χ3n) is 5.32. The molecular formula is C26H29NO6S2. The molecule has 0 aliphatic rings. The Balaban J connectivity index is 1.91. The summed E-state index contributed by atoms with van der Waals surface area (Å²) in [5.74, 6) is -0.348. The first-order chi connectivity index (χ1) is 17.0. The Hall–Kier alpha value is -2.88. The predicted octanol–water partition coefficient (Wildman–Crippen LogP) is 5.83. The minimum atomic E-state index is -0.833. The number of carbonyl (C=O) groups excluding carboxylic acids is 2. The first-order valence-corrected chi connectivity index (χ1v) is 13.0. The van der Waals surface area contributed by atoms with Gasteiger partial charge in [-0.3, -0.25) is 10.1 Å². The number of thiol groups is 1. The zero-order valence-corrected chi connectivity index (χ0v) is 21.3. The van der Waals surface area contributed by atoms with Crippen LogP contribution in [-0.4, -0.2) is 48.5 Å². The molecule has 7 nitrogen and oxygen atoms in total. The van der Waals surface area contributed by atoms with Gasteiger partial charge >= 0.3 is 12.1 Å². The number of ether oxygens (including phenoxy) is 3. The third kappa shape index (κ3) is 7.30. The molecule has 3 aromatic rings. The van der Waals surface area contributed by atoms with Gasteiger partial charge in [-0.2, -0.15) is 12.6 Å². The van der Waals surface area contributed by atoms with Crippen LogP contribution in [0, 0.1) is 0 Å².